The zero-order chi connectivity index (χ0) is 12.9. The van der Waals surface area contributed by atoms with E-state index >= 15 is 0 Å². The number of carbonyl (C=O) groups is 1. The lowest BCUT2D eigenvalue weighted by Gasteiger charge is -1.99. The number of nitrogens with one attached hydrogen (secondary N) is 1. The molecule has 0 aliphatic carbocycles. The van der Waals surface area contributed by atoms with Crippen LogP contribution in [0.2, 0.25) is 0 Å². The summed E-state index contributed by atoms with van der Waals surface area (Å²) in [5.41, 5.74) is 0.836. The van der Waals surface area contributed by atoms with Crippen molar-refractivity contribution in [1.82, 2.24) is 5.32 Å². The van der Waals surface area contributed by atoms with Crippen LogP contribution in [0, 0.1) is 0 Å². The van der Waals surface area contributed by atoms with E-state index in [9.17, 15) is 13.2 Å². The molecule has 0 aromatic heterocycles. The van der Waals surface area contributed by atoms with E-state index < -0.39 is 10.0 Å². The topological polar surface area (TPSA) is 89.3 Å². The van der Waals surface area contributed by atoms with Crippen LogP contribution in [-0.4, -0.2) is 20.9 Å². The first-order valence-electron chi connectivity index (χ1n) is 4.93. The predicted octanol–water partition coefficient (Wildman–Crippen LogP) is 0.483. The standard InChI is InChI=1S/C11H14N2O3S/c1-9(14)13-8-2-3-10-4-6-11(7-5-10)17(12,15)16/h2-7H,8H2,1H3,(H,13,14)(H2,12,15,16). The lowest BCUT2D eigenvalue weighted by Crippen LogP contribution is -2.19. The molecule has 3 N–H and O–H groups in total. The largest absolute Gasteiger partial charge is 0.353 e. The van der Waals surface area contributed by atoms with Crippen molar-refractivity contribution >= 4 is 22.0 Å². The highest BCUT2D eigenvalue weighted by Crippen LogP contribution is 2.09. The Bertz CT molecular complexity index is 518. The SMILES string of the molecule is CC(=O)NCC=Cc1ccc(S(N)(=O)=O)cc1. The summed E-state index contributed by atoms with van der Waals surface area (Å²) < 4.78 is 22.0. The van der Waals surface area contributed by atoms with E-state index in [0.717, 1.165) is 5.56 Å². The van der Waals surface area contributed by atoms with Crippen LogP contribution in [-0.2, 0) is 14.8 Å². The van der Waals surface area contributed by atoms with Crippen LogP contribution in [0.5, 0.6) is 0 Å². The number of primary sulfonamides is 1. The van der Waals surface area contributed by atoms with Gasteiger partial charge in [-0.2, -0.15) is 0 Å². The van der Waals surface area contributed by atoms with Gasteiger partial charge in [-0.15, -0.1) is 0 Å². The molecule has 1 rings (SSSR count). The van der Waals surface area contributed by atoms with Gasteiger partial charge in [0.1, 0.15) is 0 Å². The summed E-state index contributed by atoms with van der Waals surface area (Å²) in [5, 5.41) is 7.58. The van der Waals surface area contributed by atoms with Gasteiger partial charge in [-0.3, -0.25) is 4.79 Å². The maximum absolute atomic E-state index is 11.0. The molecule has 0 atom stereocenters. The van der Waals surface area contributed by atoms with Crippen LogP contribution >= 0.6 is 0 Å². The average Bonchev–Trinajstić information content (AvgIpc) is 2.23. The van der Waals surface area contributed by atoms with Gasteiger partial charge in [0.05, 0.1) is 4.90 Å². The number of amides is 1. The van der Waals surface area contributed by atoms with Crippen molar-refractivity contribution in [2.24, 2.45) is 5.14 Å². The minimum Gasteiger partial charge on any atom is -0.353 e. The van der Waals surface area contributed by atoms with Crippen LogP contribution in [0.15, 0.2) is 35.2 Å². The molecular weight excluding hydrogens is 240 g/mol. The zero-order valence-corrected chi connectivity index (χ0v) is 10.2. The summed E-state index contributed by atoms with van der Waals surface area (Å²) in [6, 6.07) is 6.16. The second kappa shape index (κ2) is 5.60. The van der Waals surface area contributed by atoms with Crippen LogP contribution in [0.4, 0.5) is 0 Å². The predicted molar refractivity (Wildman–Crippen MR) is 65.5 cm³/mol. The monoisotopic (exact) mass is 254 g/mol. The number of benzene rings is 1. The summed E-state index contributed by atoms with van der Waals surface area (Å²) in [6.45, 7) is 1.88. The molecule has 0 saturated carbocycles. The van der Waals surface area contributed by atoms with Gasteiger partial charge in [-0.1, -0.05) is 24.3 Å². The zero-order valence-electron chi connectivity index (χ0n) is 9.38. The quantitative estimate of drug-likeness (QED) is 0.819. The number of hydrogen-bond donors (Lipinski definition) is 2. The van der Waals surface area contributed by atoms with Crippen LogP contribution in [0.1, 0.15) is 12.5 Å². The highest BCUT2D eigenvalue weighted by molar-refractivity contribution is 7.89. The molecule has 0 aliphatic heterocycles. The van der Waals surface area contributed by atoms with E-state index in [2.05, 4.69) is 5.32 Å². The first-order chi connectivity index (χ1) is 7.89. The molecule has 0 radical (unpaired) electrons. The van der Waals surface area contributed by atoms with Crippen molar-refractivity contribution in [3.63, 3.8) is 0 Å². The molecule has 5 nitrogen and oxygen atoms in total. The average molecular weight is 254 g/mol. The lowest BCUT2D eigenvalue weighted by molar-refractivity contribution is -0.118. The van der Waals surface area contributed by atoms with Crippen LogP contribution < -0.4 is 10.5 Å². The third-order valence-electron chi connectivity index (χ3n) is 1.99. The summed E-state index contributed by atoms with van der Waals surface area (Å²) in [4.78, 5) is 10.7. The molecule has 17 heavy (non-hydrogen) atoms. The fraction of sp³-hybridized carbons (Fsp3) is 0.182. The highest BCUT2D eigenvalue weighted by atomic mass is 32.2. The third kappa shape index (κ3) is 4.80. The Morgan fingerprint density at radius 2 is 1.94 bits per heavy atom. The van der Waals surface area contributed by atoms with Gasteiger partial charge in [0.25, 0.3) is 0 Å². The molecule has 1 aromatic carbocycles. The molecule has 0 saturated heterocycles. The Morgan fingerprint density at radius 1 is 1.35 bits per heavy atom. The van der Waals surface area contributed by atoms with E-state index in [-0.39, 0.29) is 10.8 Å². The van der Waals surface area contributed by atoms with E-state index in [0.29, 0.717) is 6.54 Å². The Labute approximate surface area is 100 Å². The maximum atomic E-state index is 11.0. The Hall–Kier alpha value is -1.66. The Kier molecular flexibility index (Phi) is 4.42. The van der Waals surface area contributed by atoms with Crippen molar-refractivity contribution < 1.29 is 13.2 Å². The van der Waals surface area contributed by atoms with Gasteiger partial charge >= 0.3 is 0 Å². The van der Waals surface area contributed by atoms with E-state index in [1.807, 2.05) is 0 Å². The second-order valence-electron chi connectivity index (χ2n) is 3.45. The van der Waals surface area contributed by atoms with Crippen molar-refractivity contribution in [2.75, 3.05) is 6.54 Å². The lowest BCUT2D eigenvalue weighted by atomic mass is 10.2. The van der Waals surface area contributed by atoms with Crippen molar-refractivity contribution in [3.8, 4) is 0 Å². The molecule has 0 fully saturated rings. The smallest absolute Gasteiger partial charge is 0.238 e. The summed E-state index contributed by atoms with van der Waals surface area (Å²) in [6.07, 6.45) is 3.55. The number of nitrogens with two attached hydrogens (primary N) is 1. The molecule has 6 heteroatoms. The number of carbonyl (C=O) groups excluding carboxylic acids is 1. The van der Waals surface area contributed by atoms with Gasteiger partial charge in [0.2, 0.25) is 15.9 Å². The van der Waals surface area contributed by atoms with E-state index in [4.69, 9.17) is 5.14 Å². The molecule has 0 aliphatic rings. The van der Waals surface area contributed by atoms with Gasteiger partial charge in [-0.05, 0) is 17.7 Å². The van der Waals surface area contributed by atoms with E-state index in [1.54, 1.807) is 24.3 Å². The van der Waals surface area contributed by atoms with Crippen molar-refractivity contribution in [1.29, 1.82) is 0 Å². The summed E-state index contributed by atoms with van der Waals surface area (Å²) in [7, 11) is -3.64. The first-order valence-corrected chi connectivity index (χ1v) is 6.48. The summed E-state index contributed by atoms with van der Waals surface area (Å²) in [5.74, 6) is -0.0979. The molecule has 1 aromatic rings. The molecule has 0 bridgehead atoms. The minimum absolute atomic E-state index is 0.0801. The first kappa shape index (κ1) is 13.4. The fourth-order valence-corrected chi connectivity index (χ4v) is 1.68. The minimum atomic E-state index is -3.64. The molecule has 0 spiro atoms. The van der Waals surface area contributed by atoms with Crippen LogP contribution in [0.25, 0.3) is 6.08 Å². The fourth-order valence-electron chi connectivity index (χ4n) is 1.17. The molecule has 0 heterocycles. The van der Waals surface area contributed by atoms with Gasteiger partial charge in [0.15, 0.2) is 0 Å². The number of rotatable bonds is 4. The molecule has 92 valence electrons. The highest BCUT2D eigenvalue weighted by Gasteiger charge is 2.05. The molecular formula is C11H14N2O3S. The second-order valence-corrected chi connectivity index (χ2v) is 5.01. The normalized spacial score (nSPS) is 11.6. The molecule has 1 amide bonds. The summed E-state index contributed by atoms with van der Waals surface area (Å²) >= 11 is 0. The molecule has 0 unspecified atom stereocenters. The Morgan fingerprint density at radius 3 is 2.41 bits per heavy atom. The van der Waals surface area contributed by atoms with Gasteiger partial charge in [0, 0.05) is 13.5 Å². The third-order valence-corrected chi connectivity index (χ3v) is 2.92. The Balaban J connectivity index is 2.66. The van der Waals surface area contributed by atoms with Crippen molar-refractivity contribution in [3.05, 3.63) is 35.9 Å². The van der Waals surface area contributed by atoms with Gasteiger partial charge < -0.3 is 5.32 Å². The van der Waals surface area contributed by atoms with Crippen molar-refractivity contribution in [2.45, 2.75) is 11.8 Å². The number of hydrogen-bond acceptors (Lipinski definition) is 3. The maximum Gasteiger partial charge on any atom is 0.238 e. The van der Waals surface area contributed by atoms with Crippen LogP contribution in [0.3, 0.4) is 0 Å². The van der Waals surface area contributed by atoms with E-state index in [1.165, 1.54) is 19.1 Å². The van der Waals surface area contributed by atoms with Gasteiger partial charge in [-0.25, -0.2) is 13.6 Å². The number of sulfonamides is 1.